The molecule has 174 valence electrons. The van der Waals surface area contributed by atoms with Gasteiger partial charge >= 0.3 is 5.97 Å². The molecular weight excluding hydrogens is 438 g/mol. The van der Waals surface area contributed by atoms with Gasteiger partial charge in [0, 0.05) is 23.3 Å². The smallest absolute Gasteiger partial charge is 0.326 e. The van der Waals surface area contributed by atoms with Crippen molar-refractivity contribution in [1.29, 1.82) is 0 Å². The third kappa shape index (κ3) is 7.19. The van der Waals surface area contributed by atoms with Crippen molar-refractivity contribution in [1.82, 2.24) is 14.9 Å². The average molecular weight is 468 g/mol. The molecule has 3 rings (SSSR count). The van der Waals surface area contributed by atoms with E-state index >= 15 is 0 Å². The second-order valence-corrected chi connectivity index (χ2v) is 8.51. The van der Waals surface area contributed by atoms with Gasteiger partial charge in [0.05, 0.1) is 13.0 Å². The van der Waals surface area contributed by atoms with Gasteiger partial charge in [-0.2, -0.15) is 0 Å². The number of hydrogen-bond donors (Lipinski definition) is 2. The number of carbonyl (C=O) groups excluding carboxylic acids is 1. The third-order valence-electron chi connectivity index (χ3n) is 5.60. The summed E-state index contributed by atoms with van der Waals surface area (Å²) in [5, 5.41) is 12.9. The van der Waals surface area contributed by atoms with E-state index in [0.717, 1.165) is 41.9 Å². The minimum Gasteiger partial charge on any atom is -0.480 e. The first-order chi connectivity index (χ1) is 16.0. The number of carbonyl (C=O) groups is 2. The molecule has 6 nitrogen and oxygen atoms in total. The Hall–Kier alpha value is -3.12. The van der Waals surface area contributed by atoms with Crippen LogP contribution in [0.25, 0.3) is 0 Å². The molecule has 1 amide bonds. The lowest BCUT2D eigenvalue weighted by Gasteiger charge is -2.16. The molecule has 0 fully saturated rings. The number of benzene rings is 2. The van der Waals surface area contributed by atoms with Crippen molar-refractivity contribution in [2.75, 3.05) is 0 Å². The number of nitrogens with zero attached hydrogens (tertiary/aromatic N) is 2. The quantitative estimate of drug-likeness (QED) is 0.405. The normalized spacial score (nSPS) is 11.8. The highest BCUT2D eigenvalue weighted by Crippen LogP contribution is 2.19. The van der Waals surface area contributed by atoms with Crippen LogP contribution >= 0.6 is 11.6 Å². The molecule has 0 spiro atoms. The van der Waals surface area contributed by atoms with Crippen LogP contribution in [-0.2, 0) is 35.4 Å². The second-order valence-electron chi connectivity index (χ2n) is 8.11. The van der Waals surface area contributed by atoms with E-state index in [-0.39, 0.29) is 12.3 Å². The zero-order chi connectivity index (χ0) is 23.6. The van der Waals surface area contributed by atoms with Gasteiger partial charge in [0.15, 0.2) is 0 Å². The lowest BCUT2D eigenvalue weighted by atomic mass is 10.1. The number of rotatable bonds is 12. The number of halogens is 1. The summed E-state index contributed by atoms with van der Waals surface area (Å²) in [6.07, 6.45) is 5.49. The molecule has 3 aromatic rings. The van der Waals surface area contributed by atoms with Gasteiger partial charge in [0.25, 0.3) is 0 Å². The molecule has 1 unspecified atom stereocenters. The van der Waals surface area contributed by atoms with E-state index in [0.29, 0.717) is 24.4 Å². The summed E-state index contributed by atoms with van der Waals surface area (Å²) in [7, 11) is 0. The molecule has 0 aliphatic heterocycles. The van der Waals surface area contributed by atoms with Crippen molar-refractivity contribution in [3.8, 4) is 0 Å². The van der Waals surface area contributed by atoms with Gasteiger partial charge in [-0.1, -0.05) is 73.5 Å². The summed E-state index contributed by atoms with van der Waals surface area (Å²) in [6, 6.07) is 16.3. The van der Waals surface area contributed by atoms with Gasteiger partial charge in [-0.25, -0.2) is 9.78 Å². The van der Waals surface area contributed by atoms with E-state index in [2.05, 4.69) is 17.2 Å². The lowest BCUT2D eigenvalue weighted by molar-refractivity contribution is -0.141. The van der Waals surface area contributed by atoms with Crippen LogP contribution in [0, 0.1) is 0 Å². The van der Waals surface area contributed by atoms with E-state index in [9.17, 15) is 14.7 Å². The summed E-state index contributed by atoms with van der Waals surface area (Å²) in [4.78, 5) is 29.1. The van der Waals surface area contributed by atoms with Gasteiger partial charge in [0.2, 0.25) is 5.91 Å². The van der Waals surface area contributed by atoms with Crippen molar-refractivity contribution < 1.29 is 14.7 Å². The zero-order valence-electron chi connectivity index (χ0n) is 18.8. The maximum absolute atomic E-state index is 12.8. The maximum Gasteiger partial charge on any atom is 0.326 e. The molecule has 1 heterocycles. The number of hydrogen-bond acceptors (Lipinski definition) is 3. The SMILES string of the molecule is CCCCc1ncc(CC(=O)NC(CCc2ccccc2)C(=O)O)n1Cc1ccccc1Cl. The predicted octanol–water partition coefficient (Wildman–Crippen LogP) is 4.67. The van der Waals surface area contributed by atoms with Gasteiger partial charge < -0.3 is 15.0 Å². The van der Waals surface area contributed by atoms with Crippen molar-refractivity contribution in [2.24, 2.45) is 0 Å². The Morgan fingerprint density at radius 3 is 2.52 bits per heavy atom. The van der Waals surface area contributed by atoms with Gasteiger partial charge in [-0.15, -0.1) is 0 Å². The number of carboxylic acid groups (broad SMARTS) is 1. The first-order valence-electron chi connectivity index (χ1n) is 11.3. The monoisotopic (exact) mass is 467 g/mol. The van der Waals surface area contributed by atoms with Gasteiger partial charge in [-0.05, 0) is 36.5 Å². The topological polar surface area (TPSA) is 84.2 Å². The number of aromatic nitrogens is 2. The highest BCUT2D eigenvalue weighted by atomic mass is 35.5. The van der Waals surface area contributed by atoms with Crippen LogP contribution in [0.2, 0.25) is 5.02 Å². The Bertz CT molecular complexity index is 1070. The fourth-order valence-corrected chi connectivity index (χ4v) is 3.94. The van der Waals surface area contributed by atoms with E-state index in [1.807, 2.05) is 59.2 Å². The molecular formula is C26H30ClN3O3. The molecule has 1 aromatic heterocycles. The standard InChI is InChI=1S/C26H30ClN3O3/c1-2-3-13-24-28-17-21(30(24)18-20-11-7-8-12-22(20)27)16-25(31)29-23(26(32)33)15-14-19-9-5-4-6-10-19/h4-12,17,23H,2-3,13-16,18H2,1H3,(H,29,31)(H,32,33). The highest BCUT2D eigenvalue weighted by Gasteiger charge is 2.21. The molecule has 2 N–H and O–H groups in total. The van der Waals surface area contributed by atoms with E-state index < -0.39 is 12.0 Å². The first kappa shape index (κ1) is 24.5. The molecule has 0 aliphatic rings. The third-order valence-corrected chi connectivity index (χ3v) is 5.97. The van der Waals surface area contributed by atoms with E-state index in [1.54, 1.807) is 6.20 Å². The summed E-state index contributed by atoms with van der Waals surface area (Å²) in [5.74, 6) is -0.469. The molecule has 0 bridgehead atoms. The Morgan fingerprint density at radius 1 is 1.09 bits per heavy atom. The van der Waals surface area contributed by atoms with Crippen LogP contribution in [0.1, 0.15) is 48.8 Å². The van der Waals surface area contributed by atoms with Crippen molar-refractivity contribution in [3.63, 3.8) is 0 Å². The van der Waals surface area contributed by atoms with Crippen molar-refractivity contribution in [2.45, 2.75) is 58.0 Å². The minimum atomic E-state index is -1.03. The second kappa shape index (κ2) is 12.2. The Balaban J connectivity index is 1.71. The fraction of sp³-hybridized carbons (Fsp3) is 0.346. The summed E-state index contributed by atoms with van der Waals surface area (Å²) in [5.41, 5.74) is 2.73. The number of aryl methyl sites for hydroxylation is 2. The largest absolute Gasteiger partial charge is 0.480 e. The number of amides is 1. The summed E-state index contributed by atoms with van der Waals surface area (Å²) >= 11 is 6.37. The number of aliphatic carboxylic acids is 1. The van der Waals surface area contributed by atoms with Gasteiger partial charge in [0.1, 0.15) is 11.9 Å². The number of imidazole rings is 1. The van der Waals surface area contributed by atoms with Crippen LogP contribution in [0.4, 0.5) is 0 Å². The maximum atomic E-state index is 12.8. The number of carboxylic acids is 1. The molecule has 0 saturated carbocycles. The number of unbranched alkanes of at least 4 members (excludes halogenated alkanes) is 1. The van der Waals surface area contributed by atoms with E-state index in [1.165, 1.54) is 0 Å². The number of nitrogens with one attached hydrogen (secondary N) is 1. The summed E-state index contributed by atoms with van der Waals surface area (Å²) in [6.45, 7) is 2.63. The molecule has 33 heavy (non-hydrogen) atoms. The Labute approximate surface area is 199 Å². The first-order valence-corrected chi connectivity index (χ1v) is 11.7. The van der Waals surface area contributed by atoms with Crippen molar-refractivity contribution in [3.05, 3.63) is 88.5 Å². The molecule has 0 saturated heterocycles. The molecule has 2 aromatic carbocycles. The van der Waals surface area contributed by atoms with Crippen molar-refractivity contribution >= 4 is 23.5 Å². The van der Waals surface area contributed by atoms with Crippen LogP contribution in [0.15, 0.2) is 60.8 Å². The lowest BCUT2D eigenvalue weighted by Crippen LogP contribution is -2.42. The average Bonchev–Trinajstić information content (AvgIpc) is 3.18. The molecule has 0 aliphatic carbocycles. The summed E-state index contributed by atoms with van der Waals surface area (Å²) < 4.78 is 2.02. The molecule has 0 radical (unpaired) electrons. The highest BCUT2D eigenvalue weighted by molar-refractivity contribution is 6.31. The van der Waals surface area contributed by atoms with Crippen LogP contribution in [0.3, 0.4) is 0 Å². The van der Waals surface area contributed by atoms with Crippen LogP contribution in [0.5, 0.6) is 0 Å². The van der Waals surface area contributed by atoms with Crippen LogP contribution in [-0.4, -0.2) is 32.6 Å². The molecule has 1 atom stereocenters. The fourth-order valence-electron chi connectivity index (χ4n) is 3.74. The Morgan fingerprint density at radius 2 is 1.82 bits per heavy atom. The molecule has 7 heteroatoms. The predicted molar refractivity (Wildman–Crippen MR) is 129 cm³/mol. The zero-order valence-corrected chi connectivity index (χ0v) is 19.6. The van der Waals surface area contributed by atoms with Gasteiger partial charge in [-0.3, -0.25) is 4.79 Å². The van der Waals surface area contributed by atoms with E-state index in [4.69, 9.17) is 11.6 Å². The Kier molecular flexibility index (Phi) is 9.07. The van der Waals surface area contributed by atoms with Crippen LogP contribution < -0.4 is 5.32 Å². The minimum absolute atomic E-state index is 0.0543.